The highest BCUT2D eigenvalue weighted by Crippen LogP contribution is 2.37. The van der Waals surface area contributed by atoms with Crippen molar-refractivity contribution in [2.75, 3.05) is 0 Å². The SMILES string of the molecule is C/C(=N\O)c1sc2nc(-c3ccccc3)c(-c3ccccc3)n2c1C. The van der Waals surface area contributed by atoms with Crippen molar-refractivity contribution in [3.63, 3.8) is 0 Å². The van der Waals surface area contributed by atoms with Gasteiger partial charge in [-0.15, -0.1) is 0 Å². The second kappa shape index (κ2) is 6.18. The molecule has 2 heterocycles. The topological polar surface area (TPSA) is 49.9 Å². The molecule has 0 amide bonds. The number of oxime groups is 1. The molecular formula is C20H17N3OS. The van der Waals surface area contributed by atoms with Gasteiger partial charge in [0.1, 0.15) is 0 Å². The molecule has 2 aromatic carbocycles. The molecule has 0 bridgehead atoms. The van der Waals surface area contributed by atoms with E-state index in [1.165, 1.54) is 0 Å². The van der Waals surface area contributed by atoms with Gasteiger partial charge in [-0.1, -0.05) is 77.2 Å². The lowest BCUT2D eigenvalue weighted by molar-refractivity contribution is 0.319. The van der Waals surface area contributed by atoms with Crippen molar-refractivity contribution in [3.05, 3.63) is 71.2 Å². The molecule has 0 aliphatic rings. The number of aryl methyl sites for hydroxylation is 1. The summed E-state index contributed by atoms with van der Waals surface area (Å²) in [7, 11) is 0. The van der Waals surface area contributed by atoms with E-state index in [-0.39, 0.29) is 0 Å². The van der Waals surface area contributed by atoms with Gasteiger partial charge in [0.05, 0.1) is 22.0 Å². The molecule has 0 radical (unpaired) electrons. The van der Waals surface area contributed by atoms with E-state index in [1.807, 2.05) is 43.3 Å². The first kappa shape index (κ1) is 15.6. The Hall–Kier alpha value is -2.92. The van der Waals surface area contributed by atoms with Crippen LogP contribution in [0.5, 0.6) is 0 Å². The van der Waals surface area contributed by atoms with Gasteiger partial charge in [-0.2, -0.15) is 0 Å². The number of benzene rings is 2. The quantitative estimate of drug-likeness (QED) is 0.313. The molecule has 4 rings (SSSR count). The third-order valence-corrected chi connectivity index (χ3v) is 5.53. The number of thiazole rings is 1. The second-order valence-electron chi connectivity index (χ2n) is 5.86. The average Bonchev–Trinajstić information content (AvgIpc) is 3.19. The zero-order valence-corrected chi connectivity index (χ0v) is 14.8. The molecule has 0 atom stereocenters. The number of nitrogens with zero attached hydrogens (tertiary/aromatic N) is 3. The Morgan fingerprint density at radius 3 is 2.20 bits per heavy atom. The summed E-state index contributed by atoms with van der Waals surface area (Å²) in [5.41, 5.74) is 5.86. The Bertz CT molecular complexity index is 1060. The molecule has 5 heteroatoms. The molecule has 25 heavy (non-hydrogen) atoms. The lowest BCUT2D eigenvalue weighted by Crippen LogP contribution is -1.97. The first-order chi connectivity index (χ1) is 12.2. The molecule has 4 nitrogen and oxygen atoms in total. The number of imidazole rings is 1. The largest absolute Gasteiger partial charge is 0.411 e. The van der Waals surface area contributed by atoms with Crippen LogP contribution >= 0.6 is 11.3 Å². The standard InChI is InChI=1S/C20H17N3OS/c1-13(22-24)19-14(2)23-18(16-11-7-4-8-12-16)17(21-20(23)25-19)15-9-5-3-6-10-15/h3-12,24H,1-2H3/b22-13+. The Morgan fingerprint density at radius 1 is 1.00 bits per heavy atom. The van der Waals surface area contributed by atoms with Gasteiger partial charge in [0.15, 0.2) is 4.96 Å². The summed E-state index contributed by atoms with van der Waals surface area (Å²) < 4.78 is 2.16. The van der Waals surface area contributed by atoms with Gasteiger partial charge in [-0.05, 0) is 13.8 Å². The molecule has 1 N–H and O–H groups in total. The van der Waals surface area contributed by atoms with Crippen molar-refractivity contribution in [1.29, 1.82) is 0 Å². The molecule has 0 spiro atoms. The van der Waals surface area contributed by atoms with Crippen molar-refractivity contribution >= 4 is 22.0 Å². The Balaban J connectivity index is 2.07. The van der Waals surface area contributed by atoms with Gasteiger partial charge in [-0.3, -0.25) is 4.40 Å². The maximum Gasteiger partial charge on any atom is 0.195 e. The number of hydrogen-bond donors (Lipinski definition) is 1. The highest BCUT2D eigenvalue weighted by Gasteiger charge is 2.21. The van der Waals surface area contributed by atoms with Crippen molar-refractivity contribution in [2.45, 2.75) is 13.8 Å². The van der Waals surface area contributed by atoms with Crippen LogP contribution in [0.1, 0.15) is 17.5 Å². The smallest absolute Gasteiger partial charge is 0.195 e. The van der Waals surface area contributed by atoms with Crippen molar-refractivity contribution in [2.24, 2.45) is 5.16 Å². The average molecular weight is 347 g/mol. The van der Waals surface area contributed by atoms with Crippen LogP contribution in [0.2, 0.25) is 0 Å². The Morgan fingerprint density at radius 2 is 1.60 bits per heavy atom. The lowest BCUT2D eigenvalue weighted by Gasteiger charge is -2.07. The number of hydrogen-bond acceptors (Lipinski definition) is 4. The summed E-state index contributed by atoms with van der Waals surface area (Å²) in [5.74, 6) is 0. The van der Waals surface area contributed by atoms with Crippen LogP contribution < -0.4 is 0 Å². The maximum absolute atomic E-state index is 9.16. The molecule has 0 aliphatic carbocycles. The van der Waals surface area contributed by atoms with Crippen LogP contribution in [-0.2, 0) is 0 Å². The summed E-state index contributed by atoms with van der Waals surface area (Å²) in [6.07, 6.45) is 0. The summed E-state index contributed by atoms with van der Waals surface area (Å²) in [4.78, 5) is 6.74. The molecular weight excluding hydrogens is 330 g/mol. The fourth-order valence-electron chi connectivity index (χ4n) is 3.09. The predicted octanol–water partition coefficient (Wildman–Crippen LogP) is 5.24. The van der Waals surface area contributed by atoms with E-state index >= 15 is 0 Å². The molecule has 2 aromatic heterocycles. The fourth-order valence-corrected chi connectivity index (χ4v) is 4.15. The van der Waals surface area contributed by atoms with Gasteiger partial charge in [0.25, 0.3) is 0 Å². The van der Waals surface area contributed by atoms with E-state index in [2.05, 4.69) is 33.8 Å². The van der Waals surface area contributed by atoms with Crippen LogP contribution in [0.4, 0.5) is 0 Å². The maximum atomic E-state index is 9.16. The van der Waals surface area contributed by atoms with Crippen LogP contribution in [0, 0.1) is 6.92 Å². The highest BCUT2D eigenvalue weighted by molar-refractivity contribution is 7.19. The van der Waals surface area contributed by atoms with Gasteiger partial charge in [-0.25, -0.2) is 4.98 Å². The number of rotatable bonds is 3. The van der Waals surface area contributed by atoms with Gasteiger partial charge in [0.2, 0.25) is 0 Å². The summed E-state index contributed by atoms with van der Waals surface area (Å²) in [6.45, 7) is 3.84. The first-order valence-electron chi connectivity index (χ1n) is 8.02. The van der Waals surface area contributed by atoms with Gasteiger partial charge < -0.3 is 5.21 Å². The normalized spacial score (nSPS) is 12.0. The van der Waals surface area contributed by atoms with E-state index in [9.17, 15) is 0 Å². The van der Waals surface area contributed by atoms with E-state index in [0.717, 1.165) is 38.0 Å². The summed E-state index contributed by atoms with van der Waals surface area (Å²) in [6, 6.07) is 20.5. The predicted molar refractivity (Wildman–Crippen MR) is 103 cm³/mol. The molecule has 0 aliphatic heterocycles. The lowest BCUT2D eigenvalue weighted by atomic mass is 10.0. The van der Waals surface area contributed by atoms with E-state index in [0.29, 0.717) is 5.71 Å². The molecule has 124 valence electrons. The Labute approximate surface area is 149 Å². The van der Waals surface area contributed by atoms with E-state index < -0.39 is 0 Å². The zero-order chi connectivity index (χ0) is 17.4. The van der Waals surface area contributed by atoms with Crippen molar-refractivity contribution in [3.8, 4) is 22.5 Å². The summed E-state index contributed by atoms with van der Waals surface area (Å²) in [5, 5.41) is 12.5. The van der Waals surface area contributed by atoms with Crippen molar-refractivity contribution < 1.29 is 5.21 Å². The number of fused-ring (bicyclic) bond motifs is 1. The number of aromatic nitrogens is 2. The van der Waals surface area contributed by atoms with Crippen LogP contribution in [-0.4, -0.2) is 20.3 Å². The zero-order valence-electron chi connectivity index (χ0n) is 14.0. The minimum absolute atomic E-state index is 0.605. The monoisotopic (exact) mass is 347 g/mol. The minimum Gasteiger partial charge on any atom is -0.411 e. The molecule has 0 saturated carbocycles. The summed E-state index contributed by atoms with van der Waals surface area (Å²) >= 11 is 1.54. The molecule has 4 aromatic rings. The highest BCUT2D eigenvalue weighted by atomic mass is 32.1. The van der Waals surface area contributed by atoms with Crippen molar-refractivity contribution in [1.82, 2.24) is 9.38 Å². The fraction of sp³-hybridized carbons (Fsp3) is 0.100. The third kappa shape index (κ3) is 2.53. The van der Waals surface area contributed by atoms with E-state index in [1.54, 1.807) is 18.3 Å². The van der Waals surface area contributed by atoms with E-state index in [4.69, 9.17) is 10.2 Å². The second-order valence-corrected chi connectivity index (χ2v) is 6.84. The molecule has 0 saturated heterocycles. The third-order valence-electron chi connectivity index (χ3n) is 4.28. The Kier molecular flexibility index (Phi) is 3.86. The molecule has 0 unspecified atom stereocenters. The van der Waals surface area contributed by atoms with Gasteiger partial charge >= 0.3 is 0 Å². The van der Waals surface area contributed by atoms with Crippen LogP contribution in [0.3, 0.4) is 0 Å². The van der Waals surface area contributed by atoms with Gasteiger partial charge in [0, 0.05) is 16.8 Å². The minimum atomic E-state index is 0.605. The van der Waals surface area contributed by atoms with Crippen LogP contribution in [0.25, 0.3) is 27.5 Å². The first-order valence-corrected chi connectivity index (χ1v) is 8.84. The molecule has 0 fully saturated rings. The van der Waals surface area contributed by atoms with Crippen LogP contribution in [0.15, 0.2) is 65.8 Å².